The summed E-state index contributed by atoms with van der Waals surface area (Å²) < 4.78 is 1.68. The van der Waals surface area contributed by atoms with Gasteiger partial charge in [0.05, 0.1) is 12.2 Å². The van der Waals surface area contributed by atoms with Crippen LogP contribution in [0, 0.1) is 0 Å². The molecule has 0 fully saturated rings. The number of nitrogens with zero attached hydrogens (tertiary/aromatic N) is 3. The lowest BCUT2D eigenvalue weighted by molar-refractivity contribution is 0.0945. The monoisotopic (exact) mass is 275 g/mol. The first kappa shape index (κ1) is 13.2. The number of nitrogens with two attached hydrogens (primary N) is 1. The molecule has 2 rings (SSSR count). The fraction of sp³-hybridized carbons (Fsp3) is 0.167. The minimum absolute atomic E-state index is 0.257. The van der Waals surface area contributed by atoms with E-state index >= 15 is 0 Å². The van der Waals surface area contributed by atoms with Crippen LogP contribution in [0.5, 0.6) is 0 Å². The lowest BCUT2D eigenvalue weighted by Crippen LogP contribution is -2.24. The van der Waals surface area contributed by atoms with E-state index < -0.39 is 0 Å². The van der Waals surface area contributed by atoms with Crippen molar-refractivity contribution >= 4 is 23.1 Å². The number of hydrogen-bond acceptors (Lipinski definition) is 4. The zero-order valence-corrected chi connectivity index (χ0v) is 11.1. The van der Waals surface area contributed by atoms with Crippen LogP contribution in [-0.2, 0) is 13.6 Å². The van der Waals surface area contributed by atoms with Crippen LogP contribution in [0.4, 0.5) is 0 Å². The Morgan fingerprint density at radius 2 is 2.26 bits per heavy atom. The molecule has 0 spiro atoms. The summed E-state index contributed by atoms with van der Waals surface area (Å²) in [6.45, 7) is 0.360. The van der Waals surface area contributed by atoms with Crippen LogP contribution in [0.3, 0.4) is 0 Å². The van der Waals surface area contributed by atoms with Gasteiger partial charge < -0.3 is 11.1 Å². The molecule has 7 heteroatoms. The fourth-order valence-corrected chi connectivity index (χ4v) is 1.61. The Morgan fingerprint density at radius 1 is 1.47 bits per heavy atom. The second kappa shape index (κ2) is 5.57. The highest BCUT2D eigenvalue weighted by atomic mass is 32.1. The summed E-state index contributed by atoms with van der Waals surface area (Å²) in [6, 6.07) is 5.09. The Balaban J connectivity index is 1.98. The minimum Gasteiger partial charge on any atom is -0.389 e. The summed E-state index contributed by atoms with van der Waals surface area (Å²) in [5, 5.41) is 6.90. The maximum atomic E-state index is 11.8. The number of thiocarbonyl (C=S) groups is 1. The largest absolute Gasteiger partial charge is 0.389 e. The highest BCUT2D eigenvalue weighted by molar-refractivity contribution is 7.80. The van der Waals surface area contributed by atoms with Gasteiger partial charge in [0, 0.05) is 25.0 Å². The summed E-state index contributed by atoms with van der Waals surface area (Å²) in [4.78, 5) is 16.1. The number of rotatable bonds is 4. The summed E-state index contributed by atoms with van der Waals surface area (Å²) >= 11 is 4.82. The van der Waals surface area contributed by atoms with Crippen molar-refractivity contribution in [2.45, 2.75) is 6.54 Å². The predicted molar refractivity (Wildman–Crippen MR) is 74.5 cm³/mol. The molecule has 0 aliphatic heterocycles. The summed E-state index contributed by atoms with van der Waals surface area (Å²) in [5.74, 6) is -0.264. The van der Waals surface area contributed by atoms with Crippen LogP contribution < -0.4 is 11.1 Å². The van der Waals surface area contributed by atoms with Crippen molar-refractivity contribution in [3.05, 3.63) is 47.5 Å². The molecule has 6 nitrogen and oxygen atoms in total. The summed E-state index contributed by atoms with van der Waals surface area (Å²) in [7, 11) is 1.82. The third kappa shape index (κ3) is 3.35. The standard InChI is InChI=1S/C12H13N5OS/c1-17-5-4-9(16-17)7-15-12(18)10-3-2-8(6-14-10)11(13)19/h2-6H,7H2,1H3,(H2,13,19)(H,15,18). The van der Waals surface area contributed by atoms with Crippen LogP contribution in [0.15, 0.2) is 30.6 Å². The average Bonchev–Trinajstić information content (AvgIpc) is 2.82. The summed E-state index contributed by atoms with van der Waals surface area (Å²) in [5.41, 5.74) is 7.20. The van der Waals surface area contributed by atoms with Crippen LogP contribution >= 0.6 is 12.2 Å². The normalized spacial score (nSPS) is 10.2. The fourth-order valence-electron chi connectivity index (χ4n) is 1.49. The molecule has 2 aromatic rings. The molecule has 19 heavy (non-hydrogen) atoms. The predicted octanol–water partition coefficient (Wildman–Crippen LogP) is 0.379. The lowest BCUT2D eigenvalue weighted by atomic mass is 10.2. The first-order chi connectivity index (χ1) is 9.06. The maximum Gasteiger partial charge on any atom is 0.270 e. The van der Waals surface area contributed by atoms with Gasteiger partial charge in [0.25, 0.3) is 5.91 Å². The Kier molecular flexibility index (Phi) is 3.86. The molecule has 0 saturated carbocycles. The number of aromatic nitrogens is 3. The van der Waals surface area contributed by atoms with Gasteiger partial charge >= 0.3 is 0 Å². The van der Waals surface area contributed by atoms with Gasteiger partial charge in [0.1, 0.15) is 10.7 Å². The quantitative estimate of drug-likeness (QED) is 0.788. The van der Waals surface area contributed by atoms with Crippen LogP contribution in [0.2, 0.25) is 0 Å². The van der Waals surface area contributed by atoms with Gasteiger partial charge in [-0.15, -0.1) is 0 Å². The highest BCUT2D eigenvalue weighted by Gasteiger charge is 2.08. The van der Waals surface area contributed by atoms with Gasteiger partial charge in [-0.2, -0.15) is 5.10 Å². The topological polar surface area (TPSA) is 85.8 Å². The minimum atomic E-state index is -0.264. The first-order valence-corrected chi connectivity index (χ1v) is 5.99. The molecular weight excluding hydrogens is 262 g/mol. The summed E-state index contributed by atoms with van der Waals surface area (Å²) in [6.07, 6.45) is 3.30. The maximum absolute atomic E-state index is 11.8. The van der Waals surface area contributed by atoms with E-state index in [1.165, 1.54) is 6.20 Å². The molecule has 0 bridgehead atoms. The lowest BCUT2D eigenvalue weighted by Gasteiger charge is -2.03. The van der Waals surface area contributed by atoms with Crippen molar-refractivity contribution in [2.24, 2.45) is 12.8 Å². The van der Waals surface area contributed by atoms with Crippen molar-refractivity contribution in [3.8, 4) is 0 Å². The molecule has 0 radical (unpaired) electrons. The van der Waals surface area contributed by atoms with Crippen molar-refractivity contribution in [1.29, 1.82) is 0 Å². The van der Waals surface area contributed by atoms with Gasteiger partial charge in [0.2, 0.25) is 0 Å². The van der Waals surface area contributed by atoms with E-state index in [4.69, 9.17) is 18.0 Å². The number of carbonyl (C=O) groups excluding carboxylic acids is 1. The van der Waals surface area contributed by atoms with Crippen molar-refractivity contribution in [2.75, 3.05) is 0 Å². The van der Waals surface area contributed by atoms with E-state index in [0.717, 1.165) is 5.69 Å². The van der Waals surface area contributed by atoms with E-state index in [2.05, 4.69) is 15.4 Å². The number of nitrogens with one attached hydrogen (secondary N) is 1. The number of aryl methyl sites for hydroxylation is 1. The highest BCUT2D eigenvalue weighted by Crippen LogP contribution is 2.01. The van der Waals surface area contributed by atoms with Crippen LogP contribution in [-0.4, -0.2) is 25.7 Å². The number of amides is 1. The van der Waals surface area contributed by atoms with Gasteiger partial charge in [-0.3, -0.25) is 14.5 Å². The number of hydrogen-bond donors (Lipinski definition) is 2. The van der Waals surface area contributed by atoms with Crippen LogP contribution in [0.1, 0.15) is 21.7 Å². The van der Waals surface area contributed by atoms with Crippen LogP contribution in [0.25, 0.3) is 0 Å². The van der Waals surface area contributed by atoms with Gasteiger partial charge in [-0.1, -0.05) is 12.2 Å². The third-order valence-electron chi connectivity index (χ3n) is 2.48. The molecule has 0 atom stereocenters. The molecule has 0 unspecified atom stereocenters. The Labute approximate surface area is 115 Å². The van der Waals surface area contributed by atoms with Crippen molar-refractivity contribution in [1.82, 2.24) is 20.1 Å². The number of pyridine rings is 1. The average molecular weight is 275 g/mol. The molecule has 0 aromatic carbocycles. The molecule has 98 valence electrons. The van der Waals surface area contributed by atoms with Gasteiger partial charge in [-0.05, 0) is 18.2 Å². The Bertz CT molecular complexity index is 605. The molecule has 3 N–H and O–H groups in total. The second-order valence-electron chi connectivity index (χ2n) is 3.96. The van der Waals surface area contributed by atoms with E-state index in [1.54, 1.807) is 16.8 Å². The zero-order chi connectivity index (χ0) is 13.8. The SMILES string of the molecule is Cn1ccc(CNC(=O)c2ccc(C(N)=S)cn2)n1. The third-order valence-corrected chi connectivity index (χ3v) is 2.72. The van der Waals surface area contributed by atoms with E-state index in [1.807, 2.05) is 19.3 Å². The Morgan fingerprint density at radius 3 is 2.79 bits per heavy atom. The molecule has 2 heterocycles. The second-order valence-corrected chi connectivity index (χ2v) is 4.40. The molecule has 0 aliphatic carbocycles. The molecule has 0 aliphatic rings. The van der Waals surface area contributed by atoms with E-state index in [-0.39, 0.29) is 10.9 Å². The molecular formula is C12H13N5OS. The zero-order valence-electron chi connectivity index (χ0n) is 10.3. The number of carbonyl (C=O) groups is 1. The molecule has 1 amide bonds. The van der Waals surface area contributed by atoms with Gasteiger partial charge in [0.15, 0.2) is 0 Å². The van der Waals surface area contributed by atoms with Crippen molar-refractivity contribution < 1.29 is 4.79 Å². The van der Waals surface area contributed by atoms with E-state index in [0.29, 0.717) is 17.8 Å². The Hall–Kier alpha value is -2.28. The first-order valence-electron chi connectivity index (χ1n) is 5.59. The van der Waals surface area contributed by atoms with Gasteiger partial charge in [-0.25, -0.2) is 0 Å². The smallest absolute Gasteiger partial charge is 0.270 e. The van der Waals surface area contributed by atoms with E-state index in [9.17, 15) is 4.79 Å². The van der Waals surface area contributed by atoms with Crippen molar-refractivity contribution in [3.63, 3.8) is 0 Å². The molecule has 2 aromatic heterocycles. The molecule has 0 saturated heterocycles.